The Morgan fingerprint density at radius 3 is 2.60 bits per heavy atom. The van der Waals surface area contributed by atoms with E-state index in [0.29, 0.717) is 0 Å². The maximum atomic E-state index is 12.5. The molecule has 0 atom stereocenters. The van der Waals surface area contributed by atoms with E-state index in [9.17, 15) is 13.2 Å². The molecule has 3 nitrogen and oxygen atoms in total. The summed E-state index contributed by atoms with van der Waals surface area (Å²) in [6.45, 7) is 0.254. The highest BCUT2D eigenvalue weighted by atomic mass is 19.4. The SMILES string of the molecule is FC(F)(F)c1ccn(Cc2cccc3cccnc23)n1. The Morgan fingerprint density at radius 1 is 1.05 bits per heavy atom. The van der Waals surface area contributed by atoms with Gasteiger partial charge in [-0.2, -0.15) is 18.3 Å². The van der Waals surface area contributed by atoms with E-state index in [4.69, 9.17) is 0 Å². The van der Waals surface area contributed by atoms with Crippen molar-refractivity contribution in [3.8, 4) is 0 Å². The Labute approximate surface area is 112 Å². The van der Waals surface area contributed by atoms with Gasteiger partial charge in [-0.3, -0.25) is 9.67 Å². The molecule has 0 aliphatic heterocycles. The highest BCUT2D eigenvalue weighted by Crippen LogP contribution is 2.27. The first-order chi connectivity index (χ1) is 9.54. The second-order valence-electron chi connectivity index (χ2n) is 4.39. The number of nitrogens with zero attached hydrogens (tertiary/aromatic N) is 3. The number of fused-ring (bicyclic) bond motifs is 1. The molecule has 1 aromatic carbocycles. The molecule has 0 spiro atoms. The lowest BCUT2D eigenvalue weighted by molar-refractivity contribution is -0.141. The van der Waals surface area contributed by atoms with E-state index in [0.717, 1.165) is 22.5 Å². The van der Waals surface area contributed by atoms with E-state index in [2.05, 4.69) is 10.1 Å². The highest BCUT2D eigenvalue weighted by Gasteiger charge is 2.33. The molecule has 20 heavy (non-hydrogen) atoms. The first-order valence-corrected chi connectivity index (χ1v) is 5.97. The van der Waals surface area contributed by atoms with Crippen LogP contribution in [0.1, 0.15) is 11.3 Å². The summed E-state index contributed by atoms with van der Waals surface area (Å²) in [5.74, 6) is 0. The van der Waals surface area contributed by atoms with E-state index >= 15 is 0 Å². The smallest absolute Gasteiger partial charge is 0.268 e. The molecule has 0 amide bonds. The molecule has 0 fully saturated rings. The van der Waals surface area contributed by atoms with Crippen molar-refractivity contribution in [1.82, 2.24) is 14.8 Å². The quantitative estimate of drug-likeness (QED) is 0.717. The molecule has 0 bridgehead atoms. The molecule has 0 saturated carbocycles. The van der Waals surface area contributed by atoms with E-state index in [1.54, 1.807) is 6.20 Å². The van der Waals surface area contributed by atoms with E-state index in [1.807, 2.05) is 30.3 Å². The minimum Gasteiger partial charge on any atom is -0.268 e. The molecule has 0 radical (unpaired) electrons. The molecule has 3 aromatic rings. The van der Waals surface area contributed by atoms with Gasteiger partial charge in [0.1, 0.15) is 0 Å². The van der Waals surface area contributed by atoms with E-state index < -0.39 is 11.9 Å². The van der Waals surface area contributed by atoms with Gasteiger partial charge in [0.05, 0.1) is 12.1 Å². The zero-order valence-electron chi connectivity index (χ0n) is 10.3. The number of rotatable bonds is 2. The van der Waals surface area contributed by atoms with Crippen molar-refractivity contribution in [3.05, 3.63) is 60.0 Å². The van der Waals surface area contributed by atoms with Gasteiger partial charge in [0.15, 0.2) is 5.69 Å². The van der Waals surface area contributed by atoms with Crippen LogP contribution in [0.15, 0.2) is 48.8 Å². The van der Waals surface area contributed by atoms with Crippen LogP contribution >= 0.6 is 0 Å². The van der Waals surface area contributed by atoms with Crippen LogP contribution < -0.4 is 0 Å². The van der Waals surface area contributed by atoms with Crippen molar-refractivity contribution in [2.45, 2.75) is 12.7 Å². The first-order valence-electron chi connectivity index (χ1n) is 5.97. The third kappa shape index (κ3) is 2.36. The zero-order valence-corrected chi connectivity index (χ0v) is 10.3. The monoisotopic (exact) mass is 277 g/mol. The van der Waals surface area contributed by atoms with Gasteiger partial charge >= 0.3 is 6.18 Å². The van der Waals surface area contributed by atoms with Crippen LogP contribution in [0.5, 0.6) is 0 Å². The fourth-order valence-corrected chi connectivity index (χ4v) is 2.07. The molecule has 0 aliphatic rings. The van der Waals surface area contributed by atoms with Crippen LogP contribution in [-0.2, 0) is 12.7 Å². The summed E-state index contributed by atoms with van der Waals surface area (Å²) in [4.78, 5) is 4.27. The minimum atomic E-state index is -4.41. The van der Waals surface area contributed by atoms with Crippen molar-refractivity contribution < 1.29 is 13.2 Å². The van der Waals surface area contributed by atoms with Crippen LogP contribution in [0.2, 0.25) is 0 Å². The van der Waals surface area contributed by atoms with Crippen LogP contribution in [0.25, 0.3) is 10.9 Å². The lowest BCUT2D eigenvalue weighted by Crippen LogP contribution is -2.08. The minimum absolute atomic E-state index is 0.254. The maximum absolute atomic E-state index is 12.5. The van der Waals surface area contributed by atoms with Crippen molar-refractivity contribution in [1.29, 1.82) is 0 Å². The van der Waals surface area contributed by atoms with Crippen molar-refractivity contribution in [2.75, 3.05) is 0 Å². The summed E-state index contributed by atoms with van der Waals surface area (Å²) >= 11 is 0. The lowest BCUT2D eigenvalue weighted by Gasteiger charge is -2.06. The molecule has 2 aromatic heterocycles. The van der Waals surface area contributed by atoms with Gasteiger partial charge in [-0.05, 0) is 17.7 Å². The summed E-state index contributed by atoms with van der Waals surface area (Å²) < 4.78 is 38.8. The molecular formula is C14H10F3N3. The number of aromatic nitrogens is 3. The summed E-state index contributed by atoms with van der Waals surface area (Å²) in [6, 6.07) is 10.3. The Kier molecular flexibility index (Phi) is 2.93. The van der Waals surface area contributed by atoms with Gasteiger partial charge in [-0.25, -0.2) is 0 Å². The van der Waals surface area contributed by atoms with Gasteiger partial charge < -0.3 is 0 Å². The normalized spacial score (nSPS) is 11.9. The number of alkyl halides is 3. The lowest BCUT2D eigenvalue weighted by atomic mass is 10.1. The number of para-hydroxylation sites is 1. The van der Waals surface area contributed by atoms with Gasteiger partial charge in [0.2, 0.25) is 0 Å². The number of halogens is 3. The molecule has 0 unspecified atom stereocenters. The van der Waals surface area contributed by atoms with Gasteiger partial charge in [0, 0.05) is 17.8 Å². The van der Waals surface area contributed by atoms with Crippen LogP contribution in [-0.4, -0.2) is 14.8 Å². The highest BCUT2D eigenvalue weighted by molar-refractivity contribution is 5.81. The number of pyridine rings is 1. The summed E-state index contributed by atoms with van der Waals surface area (Å²) in [6.07, 6.45) is -1.43. The first kappa shape index (κ1) is 12.7. The van der Waals surface area contributed by atoms with Crippen LogP contribution in [0, 0.1) is 0 Å². The standard InChI is InChI=1S/C14H10F3N3/c15-14(16,17)12-6-8-20(19-12)9-11-4-1-3-10-5-2-7-18-13(10)11/h1-8H,9H2. The molecule has 6 heteroatoms. The molecule has 0 saturated heterocycles. The average molecular weight is 277 g/mol. The fraction of sp³-hybridized carbons (Fsp3) is 0.143. The van der Waals surface area contributed by atoms with Crippen molar-refractivity contribution in [2.24, 2.45) is 0 Å². The average Bonchev–Trinajstić information content (AvgIpc) is 2.88. The Morgan fingerprint density at radius 2 is 1.85 bits per heavy atom. The predicted octanol–water partition coefficient (Wildman–Crippen LogP) is 3.50. The third-order valence-corrected chi connectivity index (χ3v) is 2.98. The molecule has 2 heterocycles. The molecule has 0 aliphatic carbocycles. The fourth-order valence-electron chi connectivity index (χ4n) is 2.07. The van der Waals surface area contributed by atoms with Gasteiger partial charge in [-0.1, -0.05) is 24.3 Å². The second-order valence-corrected chi connectivity index (χ2v) is 4.39. The maximum Gasteiger partial charge on any atom is 0.435 e. The molecule has 102 valence electrons. The molecule has 3 rings (SSSR count). The molecular weight excluding hydrogens is 267 g/mol. The van der Waals surface area contributed by atoms with Crippen LogP contribution in [0.4, 0.5) is 13.2 Å². The van der Waals surface area contributed by atoms with Gasteiger partial charge in [-0.15, -0.1) is 0 Å². The third-order valence-electron chi connectivity index (χ3n) is 2.98. The topological polar surface area (TPSA) is 30.7 Å². The Balaban J connectivity index is 1.96. The van der Waals surface area contributed by atoms with Crippen LogP contribution in [0.3, 0.4) is 0 Å². The van der Waals surface area contributed by atoms with Crippen molar-refractivity contribution >= 4 is 10.9 Å². The second kappa shape index (κ2) is 4.63. The van der Waals surface area contributed by atoms with Gasteiger partial charge in [0.25, 0.3) is 0 Å². The Bertz CT molecular complexity index is 741. The largest absolute Gasteiger partial charge is 0.435 e. The number of hydrogen-bond donors (Lipinski definition) is 0. The predicted molar refractivity (Wildman–Crippen MR) is 68.1 cm³/mol. The van der Waals surface area contributed by atoms with E-state index in [-0.39, 0.29) is 6.54 Å². The van der Waals surface area contributed by atoms with E-state index in [1.165, 1.54) is 10.9 Å². The summed E-state index contributed by atoms with van der Waals surface area (Å²) in [7, 11) is 0. The summed E-state index contributed by atoms with van der Waals surface area (Å²) in [5, 5.41) is 4.50. The van der Waals surface area contributed by atoms with Crippen molar-refractivity contribution in [3.63, 3.8) is 0 Å². The number of hydrogen-bond acceptors (Lipinski definition) is 2. The zero-order chi connectivity index (χ0) is 14.2. The Hall–Kier alpha value is -2.37. The molecule has 0 N–H and O–H groups in total. The summed E-state index contributed by atoms with van der Waals surface area (Å²) in [5.41, 5.74) is 0.727. The number of benzene rings is 1.